The highest BCUT2D eigenvalue weighted by atomic mass is 35.5. The third-order valence-electron chi connectivity index (χ3n) is 4.89. The maximum absolute atomic E-state index is 12.8. The van der Waals surface area contributed by atoms with Gasteiger partial charge in [-0.25, -0.2) is 4.79 Å². The van der Waals surface area contributed by atoms with Gasteiger partial charge in [0, 0.05) is 37.7 Å². The van der Waals surface area contributed by atoms with E-state index in [0.29, 0.717) is 24.7 Å². The molecule has 7 heteroatoms. The molecule has 0 saturated carbocycles. The monoisotopic (exact) mass is 380 g/mol. The number of carbonyl (C=O) groups is 1. The molecule has 1 N–H and O–H groups in total. The number of nitrogens with one attached hydrogen (secondary N) is 1. The smallest absolute Gasteiger partial charge is 0.322 e. The Bertz CT molecular complexity index is 620. The van der Waals surface area contributed by atoms with Gasteiger partial charge in [-0.3, -0.25) is 0 Å². The molecule has 2 aliphatic rings. The number of piperidine rings is 1. The Morgan fingerprint density at radius 1 is 1.27 bits per heavy atom. The van der Waals surface area contributed by atoms with Gasteiger partial charge < -0.3 is 24.8 Å². The van der Waals surface area contributed by atoms with E-state index >= 15 is 0 Å². The van der Waals surface area contributed by atoms with Gasteiger partial charge in [-0.15, -0.1) is 0 Å². The van der Waals surface area contributed by atoms with Crippen LogP contribution in [0.5, 0.6) is 0 Å². The van der Waals surface area contributed by atoms with Crippen molar-refractivity contribution in [2.24, 2.45) is 0 Å². The van der Waals surface area contributed by atoms with Crippen LogP contribution in [-0.2, 0) is 4.74 Å². The molecule has 1 aromatic rings. The number of likely N-dealkylation sites (N-methyl/N-ethyl adjacent to an activating group) is 1. The van der Waals surface area contributed by atoms with Gasteiger partial charge in [-0.05, 0) is 51.6 Å². The molecule has 0 aromatic heterocycles. The quantitative estimate of drug-likeness (QED) is 0.871. The molecule has 2 fully saturated rings. The van der Waals surface area contributed by atoms with E-state index in [-0.39, 0.29) is 12.1 Å². The number of urea groups is 1. The average molecular weight is 381 g/mol. The van der Waals surface area contributed by atoms with Crippen molar-refractivity contribution in [3.05, 3.63) is 23.2 Å². The second-order valence-corrected chi connectivity index (χ2v) is 7.78. The lowest BCUT2D eigenvalue weighted by molar-refractivity contribution is -0.0228. The van der Waals surface area contributed by atoms with Gasteiger partial charge in [0.05, 0.1) is 24.1 Å². The molecule has 144 valence electrons. The fraction of sp³-hybridized carbons (Fsp3) is 0.632. The van der Waals surface area contributed by atoms with Crippen LogP contribution in [0.1, 0.15) is 19.3 Å². The molecule has 3 rings (SSSR count). The zero-order chi connectivity index (χ0) is 18.5. The second kappa shape index (κ2) is 8.93. The van der Waals surface area contributed by atoms with Gasteiger partial charge >= 0.3 is 6.03 Å². The first-order chi connectivity index (χ1) is 12.5. The summed E-state index contributed by atoms with van der Waals surface area (Å²) in [6, 6.07) is 5.67. The summed E-state index contributed by atoms with van der Waals surface area (Å²) in [6.45, 7) is 4.62. The van der Waals surface area contributed by atoms with Crippen molar-refractivity contribution < 1.29 is 9.53 Å². The van der Waals surface area contributed by atoms with Crippen molar-refractivity contribution in [3.8, 4) is 0 Å². The predicted octanol–water partition coefficient (Wildman–Crippen LogP) is 3.12. The number of morpholine rings is 1. The molecule has 1 aromatic carbocycles. The highest BCUT2D eigenvalue weighted by Crippen LogP contribution is 2.31. The van der Waals surface area contributed by atoms with Gasteiger partial charge in [0.2, 0.25) is 0 Å². The van der Waals surface area contributed by atoms with Crippen molar-refractivity contribution in [1.29, 1.82) is 0 Å². The lowest BCUT2D eigenvalue weighted by Crippen LogP contribution is -2.50. The molecule has 1 atom stereocenters. The van der Waals surface area contributed by atoms with E-state index in [2.05, 4.69) is 15.1 Å². The van der Waals surface area contributed by atoms with E-state index in [1.54, 1.807) is 0 Å². The number of halogens is 1. The number of rotatable bonds is 4. The largest absolute Gasteiger partial charge is 0.373 e. The highest BCUT2D eigenvalue weighted by Gasteiger charge is 2.25. The predicted molar refractivity (Wildman–Crippen MR) is 106 cm³/mol. The minimum Gasteiger partial charge on any atom is -0.373 e. The standard InChI is InChI=1S/C19H29ClN4O2/c1-22(2)13-16-14-24(10-11-26-16)19(25)21-17-12-15(20)6-7-18(17)23-8-4-3-5-9-23/h6-7,12,16H,3-5,8-11,13-14H2,1-2H3,(H,21,25). The van der Waals surface area contributed by atoms with Gasteiger partial charge in [-0.1, -0.05) is 11.6 Å². The van der Waals surface area contributed by atoms with Crippen LogP contribution in [0.25, 0.3) is 0 Å². The minimum atomic E-state index is -0.0856. The van der Waals surface area contributed by atoms with Crippen LogP contribution in [0.15, 0.2) is 18.2 Å². The first kappa shape index (κ1) is 19.3. The number of benzene rings is 1. The molecule has 2 saturated heterocycles. The highest BCUT2D eigenvalue weighted by molar-refractivity contribution is 6.31. The SMILES string of the molecule is CN(C)CC1CN(C(=O)Nc2cc(Cl)ccc2N2CCCCC2)CCO1. The maximum Gasteiger partial charge on any atom is 0.322 e. The molecule has 0 radical (unpaired) electrons. The third-order valence-corrected chi connectivity index (χ3v) is 5.13. The molecule has 0 spiro atoms. The Labute approximate surface area is 161 Å². The van der Waals surface area contributed by atoms with Gasteiger partial charge in [-0.2, -0.15) is 0 Å². The Hall–Kier alpha value is -1.50. The Kier molecular flexibility index (Phi) is 6.62. The van der Waals surface area contributed by atoms with E-state index < -0.39 is 0 Å². The Morgan fingerprint density at radius 2 is 2.04 bits per heavy atom. The van der Waals surface area contributed by atoms with Crippen LogP contribution in [0.3, 0.4) is 0 Å². The number of nitrogens with zero attached hydrogens (tertiary/aromatic N) is 3. The van der Waals surface area contributed by atoms with Crippen molar-refractivity contribution >= 4 is 29.0 Å². The fourth-order valence-electron chi connectivity index (χ4n) is 3.63. The van der Waals surface area contributed by atoms with Gasteiger partial charge in [0.25, 0.3) is 0 Å². The van der Waals surface area contributed by atoms with Crippen molar-refractivity contribution in [3.63, 3.8) is 0 Å². The van der Waals surface area contributed by atoms with Crippen LogP contribution in [0, 0.1) is 0 Å². The van der Waals surface area contributed by atoms with E-state index in [0.717, 1.165) is 31.0 Å². The number of hydrogen-bond donors (Lipinski definition) is 1. The molecular weight excluding hydrogens is 352 g/mol. The number of anilines is 2. The Morgan fingerprint density at radius 3 is 2.77 bits per heavy atom. The molecule has 2 aliphatic heterocycles. The molecule has 0 aliphatic carbocycles. The van der Waals surface area contributed by atoms with E-state index in [1.807, 2.05) is 37.2 Å². The number of amides is 2. The summed E-state index contributed by atoms with van der Waals surface area (Å²) in [5.74, 6) is 0. The topological polar surface area (TPSA) is 48.0 Å². The summed E-state index contributed by atoms with van der Waals surface area (Å²) in [5, 5.41) is 3.72. The molecule has 1 unspecified atom stereocenters. The number of hydrogen-bond acceptors (Lipinski definition) is 4. The van der Waals surface area contributed by atoms with Crippen LogP contribution in [0.2, 0.25) is 5.02 Å². The van der Waals surface area contributed by atoms with Crippen molar-refractivity contribution in [1.82, 2.24) is 9.80 Å². The first-order valence-electron chi connectivity index (χ1n) is 9.39. The van der Waals surface area contributed by atoms with Crippen molar-refractivity contribution in [2.45, 2.75) is 25.4 Å². The van der Waals surface area contributed by atoms with E-state index in [1.165, 1.54) is 19.3 Å². The van der Waals surface area contributed by atoms with Crippen LogP contribution >= 0.6 is 11.6 Å². The second-order valence-electron chi connectivity index (χ2n) is 7.34. The van der Waals surface area contributed by atoms with E-state index in [9.17, 15) is 4.79 Å². The van der Waals surface area contributed by atoms with Crippen LogP contribution < -0.4 is 10.2 Å². The molecule has 2 amide bonds. The summed E-state index contributed by atoms with van der Waals surface area (Å²) in [5.41, 5.74) is 1.85. The molecule has 0 bridgehead atoms. The van der Waals surface area contributed by atoms with Crippen LogP contribution in [0.4, 0.5) is 16.2 Å². The van der Waals surface area contributed by atoms with Crippen molar-refractivity contribution in [2.75, 3.05) is 63.6 Å². The number of ether oxygens (including phenoxy) is 1. The normalized spacial score (nSPS) is 21.2. The van der Waals surface area contributed by atoms with E-state index in [4.69, 9.17) is 16.3 Å². The lowest BCUT2D eigenvalue weighted by atomic mass is 10.1. The summed E-state index contributed by atoms with van der Waals surface area (Å²) in [7, 11) is 4.03. The number of carbonyl (C=O) groups excluding carboxylic acids is 1. The minimum absolute atomic E-state index is 0.0467. The Balaban J connectivity index is 1.69. The lowest BCUT2D eigenvalue weighted by Gasteiger charge is -2.35. The maximum atomic E-state index is 12.8. The molecule has 26 heavy (non-hydrogen) atoms. The average Bonchev–Trinajstić information content (AvgIpc) is 2.62. The summed E-state index contributed by atoms with van der Waals surface area (Å²) in [6.07, 6.45) is 3.69. The fourth-order valence-corrected chi connectivity index (χ4v) is 3.81. The first-order valence-corrected chi connectivity index (χ1v) is 9.77. The zero-order valence-corrected chi connectivity index (χ0v) is 16.5. The van der Waals surface area contributed by atoms with Crippen LogP contribution in [-0.4, -0.2) is 75.4 Å². The molecule has 2 heterocycles. The summed E-state index contributed by atoms with van der Waals surface area (Å²) < 4.78 is 5.76. The summed E-state index contributed by atoms with van der Waals surface area (Å²) in [4.78, 5) is 19.1. The van der Waals surface area contributed by atoms with Gasteiger partial charge in [0.1, 0.15) is 0 Å². The molecular formula is C19H29ClN4O2. The zero-order valence-electron chi connectivity index (χ0n) is 15.7. The summed E-state index contributed by atoms with van der Waals surface area (Å²) >= 11 is 6.20. The van der Waals surface area contributed by atoms with Gasteiger partial charge in [0.15, 0.2) is 0 Å². The third kappa shape index (κ3) is 5.02. The molecule has 6 nitrogen and oxygen atoms in total.